The van der Waals surface area contributed by atoms with Gasteiger partial charge in [0.05, 0.1) is 10.5 Å². The summed E-state index contributed by atoms with van der Waals surface area (Å²) in [7, 11) is 0. The molecule has 2 aromatic carbocycles. The van der Waals surface area contributed by atoms with Crippen LogP contribution in [0.3, 0.4) is 0 Å². The SMILES string of the molecule is Cc1ccc(O)c(C(C)Nc2ccc(F)c(Br)c2)c1. The monoisotopic (exact) mass is 323 g/mol. The van der Waals surface area contributed by atoms with Gasteiger partial charge in [-0.05, 0) is 54.0 Å². The maximum atomic E-state index is 13.2. The van der Waals surface area contributed by atoms with E-state index in [4.69, 9.17) is 0 Å². The molecule has 0 fully saturated rings. The summed E-state index contributed by atoms with van der Waals surface area (Å²) in [5.74, 6) is -0.0385. The maximum Gasteiger partial charge on any atom is 0.137 e. The molecule has 0 saturated heterocycles. The molecule has 0 aliphatic carbocycles. The first-order valence-corrected chi connectivity index (χ1v) is 6.78. The molecule has 2 N–H and O–H groups in total. The van der Waals surface area contributed by atoms with Crippen LogP contribution >= 0.6 is 15.9 Å². The molecule has 4 heteroatoms. The van der Waals surface area contributed by atoms with Crippen LogP contribution in [0, 0.1) is 12.7 Å². The third kappa shape index (κ3) is 3.26. The molecular weight excluding hydrogens is 309 g/mol. The standard InChI is InChI=1S/C15H15BrFNO/c1-9-3-6-15(19)12(7-9)10(2)18-11-4-5-14(17)13(16)8-11/h3-8,10,18-19H,1-2H3. The van der Waals surface area contributed by atoms with Gasteiger partial charge >= 0.3 is 0 Å². The van der Waals surface area contributed by atoms with E-state index in [9.17, 15) is 9.50 Å². The van der Waals surface area contributed by atoms with E-state index >= 15 is 0 Å². The van der Waals surface area contributed by atoms with Gasteiger partial charge in [0.15, 0.2) is 0 Å². The zero-order valence-electron chi connectivity index (χ0n) is 10.7. The largest absolute Gasteiger partial charge is 0.508 e. The van der Waals surface area contributed by atoms with E-state index in [-0.39, 0.29) is 17.6 Å². The Labute approximate surface area is 120 Å². The number of phenols is 1. The molecule has 1 unspecified atom stereocenters. The average Bonchev–Trinajstić information content (AvgIpc) is 2.36. The van der Waals surface area contributed by atoms with Gasteiger partial charge in [0.25, 0.3) is 0 Å². The number of benzene rings is 2. The molecule has 1 atom stereocenters. The number of aryl methyl sites for hydroxylation is 1. The van der Waals surface area contributed by atoms with Crippen LogP contribution in [0.5, 0.6) is 5.75 Å². The number of aromatic hydroxyl groups is 1. The predicted molar refractivity (Wildman–Crippen MR) is 79.0 cm³/mol. The van der Waals surface area contributed by atoms with Gasteiger partial charge < -0.3 is 10.4 Å². The van der Waals surface area contributed by atoms with Crippen LogP contribution in [0.4, 0.5) is 10.1 Å². The number of phenolic OH excluding ortho intramolecular Hbond substituents is 1. The van der Waals surface area contributed by atoms with Gasteiger partial charge in [-0.15, -0.1) is 0 Å². The smallest absolute Gasteiger partial charge is 0.137 e. The van der Waals surface area contributed by atoms with Gasteiger partial charge in [-0.25, -0.2) is 4.39 Å². The third-order valence-corrected chi connectivity index (χ3v) is 3.56. The Morgan fingerprint density at radius 3 is 2.63 bits per heavy atom. The molecule has 0 bridgehead atoms. The molecule has 0 saturated carbocycles. The van der Waals surface area contributed by atoms with Crippen molar-refractivity contribution in [1.29, 1.82) is 0 Å². The fourth-order valence-corrected chi connectivity index (χ4v) is 2.31. The molecule has 0 amide bonds. The summed E-state index contributed by atoms with van der Waals surface area (Å²) in [6.07, 6.45) is 0. The molecule has 2 aromatic rings. The summed E-state index contributed by atoms with van der Waals surface area (Å²) in [6, 6.07) is 10.2. The normalized spacial score (nSPS) is 12.2. The molecule has 0 aliphatic rings. The number of anilines is 1. The van der Waals surface area contributed by atoms with Crippen molar-refractivity contribution in [2.45, 2.75) is 19.9 Å². The topological polar surface area (TPSA) is 32.3 Å². The summed E-state index contributed by atoms with van der Waals surface area (Å²) in [5, 5.41) is 13.1. The molecule has 100 valence electrons. The quantitative estimate of drug-likeness (QED) is 0.852. The lowest BCUT2D eigenvalue weighted by Gasteiger charge is -2.17. The zero-order valence-corrected chi connectivity index (χ0v) is 12.3. The van der Waals surface area contributed by atoms with Crippen molar-refractivity contribution in [2.75, 3.05) is 5.32 Å². The van der Waals surface area contributed by atoms with E-state index in [1.54, 1.807) is 18.2 Å². The van der Waals surface area contributed by atoms with Crippen LogP contribution in [0.1, 0.15) is 24.1 Å². The van der Waals surface area contributed by atoms with Gasteiger partial charge in [-0.3, -0.25) is 0 Å². The summed E-state index contributed by atoms with van der Waals surface area (Å²) in [6.45, 7) is 3.93. The van der Waals surface area contributed by atoms with Crippen molar-refractivity contribution in [3.63, 3.8) is 0 Å². The van der Waals surface area contributed by atoms with E-state index in [1.807, 2.05) is 26.0 Å². The molecule has 0 radical (unpaired) electrons. The lowest BCUT2D eigenvalue weighted by Crippen LogP contribution is -2.07. The van der Waals surface area contributed by atoms with Crippen LogP contribution < -0.4 is 5.32 Å². The van der Waals surface area contributed by atoms with Gasteiger partial charge in [-0.2, -0.15) is 0 Å². The third-order valence-electron chi connectivity index (χ3n) is 2.95. The first-order chi connectivity index (χ1) is 8.97. The first-order valence-electron chi connectivity index (χ1n) is 5.98. The van der Waals surface area contributed by atoms with Crippen molar-refractivity contribution in [2.24, 2.45) is 0 Å². The summed E-state index contributed by atoms with van der Waals surface area (Å²) in [5.41, 5.74) is 2.70. The Balaban J connectivity index is 2.22. The van der Waals surface area contributed by atoms with Crippen LogP contribution in [-0.2, 0) is 0 Å². The molecule has 2 rings (SSSR count). The minimum atomic E-state index is -0.295. The summed E-state index contributed by atoms with van der Waals surface area (Å²) >= 11 is 3.15. The Hall–Kier alpha value is -1.55. The summed E-state index contributed by atoms with van der Waals surface area (Å²) < 4.78 is 13.6. The predicted octanol–water partition coefficient (Wildman–Crippen LogP) is 4.78. The maximum absolute atomic E-state index is 13.2. The molecule has 2 nitrogen and oxygen atoms in total. The van der Waals surface area contributed by atoms with E-state index in [0.29, 0.717) is 4.47 Å². The van der Waals surface area contributed by atoms with E-state index in [1.165, 1.54) is 6.07 Å². The number of halogens is 2. The highest BCUT2D eigenvalue weighted by atomic mass is 79.9. The highest BCUT2D eigenvalue weighted by Crippen LogP contribution is 2.29. The number of hydrogen-bond donors (Lipinski definition) is 2. The van der Waals surface area contributed by atoms with Gasteiger partial charge in [0.2, 0.25) is 0 Å². The van der Waals surface area contributed by atoms with Crippen LogP contribution in [0.25, 0.3) is 0 Å². The van der Waals surface area contributed by atoms with E-state index in [2.05, 4.69) is 21.2 Å². The molecule has 0 aromatic heterocycles. The van der Waals surface area contributed by atoms with Crippen molar-refractivity contribution in [1.82, 2.24) is 0 Å². The zero-order chi connectivity index (χ0) is 14.0. The first kappa shape index (κ1) is 13.9. The Morgan fingerprint density at radius 2 is 1.95 bits per heavy atom. The van der Waals surface area contributed by atoms with Crippen molar-refractivity contribution >= 4 is 21.6 Å². The van der Waals surface area contributed by atoms with Gasteiger partial charge in [0, 0.05) is 11.3 Å². The summed E-state index contributed by atoms with van der Waals surface area (Å²) in [4.78, 5) is 0. The Morgan fingerprint density at radius 1 is 1.21 bits per heavy atom. The Bertz CT molecular complexity index is 601. The Kier molecular flexibility index (Phi) is 4.10. The van der Waals surface area contributed by atoms with Gasteiger partial charge in [-0.1, -0.05) is 17.7 Å². The molecular formula is C15H15BrFNO. The lowest BCUT2D eigenvalue weighted by molar-refractivity contribution is 0.465. The second-order valence-electron chi connectivity index (χ2n) is 4.56. The van der Waals surface area contributed by atoms with Gasteiger partial charge in [0.1, 0.15) is 11.6 Å². The van der Waals surface area contributed by atoms with Crippen molar-refractivity contribution in [3.8, 4) is 5.75 Å². The second-order valence-corrected chi connectivity index (χ2v) is 5.41. The minimum Gasteiger partial charge on any atom is -0.508 e. The second kappa shape index (κ2) is 5.61. The van der Waals surface area contributed by atoms with Crippen LogP contribution in [0.15, 0.2) is 40.9 Å². The average molecular weight is 324 g/mol. The van der Waals surface area contributed by atoms with Crippen LogP contribution in [-0.4, -0.2) is 5.11 Å². The molecule has 0 aliphatic heterocycles. The van der Waals surface area contributed by atoms with E-state index < -0.39 is 0 Å². The molecule has 19 heavy (non-hydrogen) atoms. The number of rotatable bonds is 3. The number of hydrogen-bond acceptors (Lipinski definition) is 2. The van der Waals surface area contributed by atoms with E-state index in [0.717, 1.165) is 16.8 Å². The number of nitrogens with one attached hydrogen (secondary N) is 1. The fourth-order valence-electron chi connectivity index (χ4n) is 1.93. The minimum absolute atomic E-state index is 0.0720. The lowest BCUT2D eigenvalue weighted by atomic mass is 10.0. The van der Waals surface area contributed by atoms with Crippen LogP contribution in [0.2, 0.25) is 0 Å². The molecule has 0 spiro atoms. The van der Waals surface area contributed by atoms with Crippen molar-refractivity contribution < 1.29 is 9.50 Å². The fraction of sp³-hybridized carbons (Fsp3) is 0.200. The highest BCUT2D eigenvalue weighted by Gasteiger charge is 2.11. The highest BCUT2D eigenvalue weighted by molar-refractivity contribution is 9.10. The van der Waals surface area contributed by atoms with Crippen molar-refractivity contribution in [3.05, 3.63) is 57.8 Å². The molecule has 0 heterocycles.